The highest BCUT2D eigenvalue weighted by Gasteiger charge is 2.51. The second-order valence-electron chi connectivity index (χ2n) is 12.8. The van der Waals surface area contributed by atoms with Crippen molar-refractivity contribution in [3.8, 4) is 0 Å². The highest BCUT2D eigenvalue weighted by Crippen LogP contribution is 2.46. The first-order chi connectivity index (χ1) is 22.7. The molecule has 4 nitrogen and oxygen atoms in total. The van der Waals surface area contributed by atoms with Crippen LogP contribution in [0.1, 0.15) is 81.6 Å². The molecule has 47 heavy (non-hydrogen) atoms. The van der Waals surface area contributed by atoms with Crippen LogP contribution in [-0.4, -0.2) is 92.4 Å². The first-order valence-electron chi connectivity index (χ1n) is 17.9. The number of aromatic nitrogens is 1. The number of rotatable bonds is 20. The predicted molar refractivity (Wildman–Crippen MR) is 220 cm³/mol. The van der Waals surface area contributed by atoms with E-state index in [0.717, 1.165) is 32.5 Å². The Hall–Kier alpha value is -0.965. The Labute approximate surface area is 304 Å². The molecule has 0 N–H and O–H groups in total. The molecule has 2 aliphatic rings. The summed E-state index contributed by atoms with van der Waals surface area (Å²) in [6.45, 7) is 22.5. The molecule has 2 aromatic rings. The van der Waals surface area contributed by atoms with Crippen molar-refractivity contribution in [2.24, 2.45) is 0 Å². The van der Waals surface area contributed by atoms with E-state index in [1.54, 1.807) is 0 Å². The van der Waals surface area contributed by atoms with Gasteiger partial charge in [0.05, 0.1) is 5.57 Å². The number of hydrogen-bond donors (Lipinski definition) is 0. The van der Waals surface area contributed by atoms with Gasteiger partial charge in [0.25, 0.3) is 0 Å². The van der Waals surface area contributed by atoms with Crippen LogP contribution < -0.4 is 0 Å². The third kappa shape index (κ3) is 8.33. The van der Waals surface area contributed by atoms with E-state index >= 15 is 0 Å². The molecule has 1 aromatic heterocycles. The molecular formula is C38H60BN3OS4. The van der Waals surface area contributed by atoms with Crippen molar-refractivity contribution in [3.63, 3.8) is 0 Å². The minimum Gasteiger partial charge on any atom is -0.514 e. The quantitative estimate of drug-likeness (QED) is 0.1000. The van der Waals surface area contributed by atoms with E-state index in [1.165, 1.54) is 108 Å². The zero-order chi connectivity index (χ0) is 34.1. The van der Waals surface area contributed by atoms with Crippen LogP contribution in [-0.2, 0) is 17.6 Å². The fraction of sp³-hybridized carbons (Fsp3) is 0.605. The molecule has 4 rings (SSSR count). The van der Waals surface area contributed by atoms with Gasteiger partial charge < -0.3 is 13.6 Å². The second-order valence-corrected chi connectivity index (χ2v) is 18.0. The van der Waals surface area contributed by atoms with Gasteiger partial charge in [-0.15, -0.1) is 0 Å². The van der Waals surface area contributed by atoms with Crippen molar-refractivity contribution >= 4 is 65.0 Å². The Morgan fingerprint density at radius 1 is 0.787 bits per heavy atom. The molecule has 0 bridgehead atoms. The molecule has 0 amide bonds. The molecule has 0 aliphatic carbocycles. The Balaban J connectivity index is 1.67. The minimum absolute atomic E-state index is 1.01. The lowest BCUT2D eigenvalue weighted by atomic mass is 9.63. The topological polar surface area (TPSA) is 20.4 Å². The van der Waals surface area contributed by atoms with Gasteiger partial charge in [-0.05, 0) is 80.2 Å². The summed E-state index contributed by atoms with van der Waals surface area (Å²) in [4.78, 5) is 2.69. The lowest BCUT2D eigenvalue weighted by Crippen LogP contribution is -2.57. The van der Waals surface area contributed by atoms with Crippen LogP contribution >= 0.6 is 47.0 Å². The summed E-state index contributed by atoms with van der Waals surface area (Å²) in [6, 6.07) is 9.59. The van der Waals surface area contributed by atoms with Gasteiger partial charge in [-0.25, -0.2) is 0 Å². The van der Waals surface area contributed by atoms with E-state index in [9.17, 15) is 0 Å². The number of thioether (sulfide) groups is 4. The van der Waals surface area contributed by atoms with E-state index in [4.69, 9.17) is 4.65 Å². The Bertz CT molecular complexity index is 1450. The third-order valence-corrected chi connectivity index (χ3v) is 14.4. The smallest absolute Gasteiger partial charge is 0.512 e. The van der Waals surface area contributed by atoms with E-state index in [0.29, 0.717) is 0 Å². The van der Waals surface area contributed by atoms with E-state index in [-0.39, 0.29) is 0 Å². The monoisotopic (exact) mass is 713 g/mol. The van der Waals surface area contributed by atoms with Gasteiger partial charge >= 0.3 is 6.62 Å². The zero-order valence-electron chi connectivity index (χ0n) is 31.0. The Kier molecular flexibility index (Phi) is 15.1. The number of nitrogens with zero attached hydrogens (tertiary/aromatic N) is 3. The SMILES string of the molecule is CCSCCSCCN(CCSCCSCC)Cc1ccc(C2=C3C(C)=C(CC)C(C)=[N+]3[B-](C)(OC)n3c(C)c(CC)c(C)c32)cc1. The maximum Gasteiger partial charge on any atom is 0.512 e. The van der Waals surface area contributed by atoms with Crippen LogP contribution in [0.4, 0.5) is 0 Å². The molecule has 1 atom stereocenters. The van der Waals surface area contributed by atoms with Gasteiger partial charge in [0, 0.05) is 77.9 Å². The maximum absolute atomic E-state index is 6.55. The molecule has 0 saturated carbocycles. The maximum atomic E-state index is 6.55. The van der Waals surface area contributed by atoms with Gasteiger partial charge in [-0.1, -0.05) is 58.8 Å². The van der Waals surface area contributed by atoms with Crippen molar-refractivity contribution in [1.29, 1.82) is 0 Å². The van der Waals surface area contributed by atoms with E-state index in [2.05, 4.69) is 147 Å². The fourth-order valence-corrected chi connectivity index (χ4v) is 11.5. The number of benzene rings is 1. The summed E-state index contributed by atoms with van der Waals surface area (Å²) >= 11 is 8.34. The van der Waals surface area contributed by atoms with Gasteiger partial charge in [0.1, 0.15) is 5.71 Å². The number of hydrogen-bond acceptors (Lipinski definition) is 6. The minimum atomic E-state index is -1.49. The highest BCUT2D eigenvalue weighted by atomic mass is 32.2. The van der Waals surface area contributed by atoms with E-state index < -0.39 is 6.62 Å². The lowest BCUT2D eigenvalue weighted by Gasteiger charge is -2.41. The molecule has 0 radical (unpaired) electrons. The summed E-state index contributed by atoms with van der Waals surface area (Å²) in [5, 5.41) is 0. The van der Waals surface area contributed by atoms with Gasteiger partial charge in [-0.3, -0.25) is 4.90 Å². The number of allylic oxidation sites excluding steroid dienone is 2. The fourth-order valence-electron chi connectivity index (χ4n) is 7.80. The van der Waals surface area contributed by atoms with Crippen molar-refractivity contribution in [2.45, 2.75) is 81.6 Å². The van der Waals surface area contributed by atoms with Gasteiger partial charge in [0.2, 0.25) is 0 Å². The third-order valence-electron chi connectivity index (χ3n) is 10.2. The number of fused-ring (bicyclic) bond motifs is 2. The standard InChI is InChI=1S/C38H60BN3OS4/c1-11-34-28(5)37-36(38-29(6)35(12-2)31(8)42(38)39(9,43-10)41(37)30(34)7)33-17-15-32(16-18-33)27-40(19-21-46-25-23-44-13-3)20-22-47-26-24-45-14-4/h15-18H,11-14,19-27H2,1-10H3. The summed E-state index contributed by atoms with van der Waals surface area (Å²) in [6.07, 6.45) is 2.04. The summed E-state index contributed by atoms with van der Waals surface area (Å²) in [5.74, 6) is 9.90. The van der Waals surface area contributed by atoms with Crippen LogP contribution in [0, 0.1) is 13.8 Å². The Morgan fingerprint density at radius 3 is 1.87 bits per heavy atom. The predicted octanol–water partition coefficient (Wildman–Crippen LogP) is 9.49. The van der Waals surface area contributed by atoms with E-state index in [1.807, 2.05) is 7.11 Å². The van der Waals surface area contributed by atoms with Crippen LogP contribution in [0.15, 0.2) is 41.1 Å². The van der Waals surface area contributed by atoms with Crippen LogP contribution in [0.2, 0.25) is 6.82 Å². The van der Waals surface area contributed by atoms with Crippen LogP contribution in [0.25, 0.3) is 5.57 Å². The van der Waals surface area contributed by atoms with Gasteiger partial charge in [-0.2, -0.15) is 47.0 Å². The van der Waals surface area contributed by atoms with Crippen LogP contribution in [0.3, 0.4) is 0 Å². The highest BCUT2D eigenvalue weighted by molar-refractivity contribution is 8.03. The van der Waals surface area contributed by atoms with Crippen molar-refractivity contribution in [2.75, 3.05) is 66.2 Å². The molecule has 3 heterocycles. The van der Waals surface area contributed by atoms with Crippen molar-refractivity contribution < 1.29 is 9.14 Å². The summed E-state index contributed by atoms with van der Waals surface area (Å²) < 4.78 is 11.6. The van der Waals surface area contributed by atoms with Crippen molar-refractivity contribution in [3.05, 3.63) is 74.8 Å². The second kappa shape index (κ2) is 18.3. The van der Waals surface area contributed by atoms with Crippen LogP contribution in [0.5, 0.6) is 0 Å². The molecule has 0 spiro atoms. The van der Waals surface area contributed by atoms with Crippen molar-refractivity contribution in [1.82, 2.24) is 9.38 Å². The van der Waals surface area contributed by atoms with Gasteiger partial charge in [0.15, 0.2) is 5.70 Å². The molecular weight excluding hydrogens is 654 g/mol. The molecule has 0 fully saturated rings. The lowest BCUT2D eigenvalue weighted by molar-refractivity contribution is -0.357. The first-order valence-corrected chi connectivity index (χ1v) is 22.5. The normalized spacial score (nSPS) is 17.9. The molecule has 1 unspecified atom stereocenters. The first kappa shape index (κ1) is 38.8. The molecule has 1 aromatic carbocycles. The zero-order valence-corrected chi connectivity index (χ0v) is 34.2. The molecule has 2 aliphatic heterocycles. The summed E-state index contributed by atoms with van der Waals surface area (Å²) in [5.41, 5.74) is 15.1. The molecule has 260 valence electrons. The largest absolute Gasteiger partial charge is 0.514 e. The average molecular weight is 714 g/mol. The summed E-state index contributed by atoms with van der Waals surface area (Å²) in [7, 11) is 1.89. The Morgan fingerprint density at radius 2 is 1.36 bits per heavy atom. The molecule has 9 heteroatoms. The molecule has 0 saturated heterocycles. The average Bonchev–Trinajstić information content (AvgIpc) is 3.48.